The van der Waals surface area contributed by atoms with E-state index in [1.54, 1.807) is 0 Å². The van der Waals surface area contributed by atoms with E-state index in [1.165, 1.54) is 0 Å². The van der Waals surface area contributed by atoms with E-state index in [1.807, 2.05) is 13.8 Å². The summed E-state index contributed by atoms with van der Waals surface area (Å²) in [7, 11) is 0. The van der Waals surface area contributed by atoms with Crippen molar-refractivity contribution in [2.45, 2.75) is 52.4 Å². The number of carboxylic acid groups (broad SMARTS) is 2. The SMILES string of the molecule is CCCCc1c(C(=O)O)oc(C(=O)O)c1CCCC. The predicted octanol–water partition coefficient (Wildman–Crippen LogP) is 3.36. The zero-order valence-electron chi connectivity index (χ0n) is 11.4. The highest BCUT2D eigenvalue weighted by Gasteiger charge is 2.27. The minimum Gasteiger partial charge on any atom is -0.475 e. The maximum Gasteiger partial charge on any atom is 0.372 e. The van der Waals surface area contributed by atoms with Gasteiger partial charge in [-0.2, -0.15) is 0 Å². The number of rotatable bonds is 8. The van der Waals surface area contributed by atoms with Crippen molar-refractivity contribution in [3.63, 3.8) is 0 Å². The molecule has 0 bridgehead atoms. The molecule has 0 saturated heterocycles. The van der Waals surface area contributed by atoms with Crippen LogP contribution < -0.4 is 0 Å². The van der Waals surface area contributed by atoms with E-state index in [0.29, 0.717) is 24.0 Å². The Kier molecular flexibility index (Phi) is 5.60. The second kappa shape index (κ2) is 6.97. The third kappa shape index (κ3) is 3.59. The van der Waals surface area contributed by atoms with Gasteiger partial charge in [0.05, 0.1) is 0 Å². The molecule has 5 nitrogen and oxygen atoms in total. The number of furan rings is 1. The molecule has 1 aromatic heterocycles. The van der Waals surface area contributed by atoms with Crippen molar-refractivity contribution in [3.05, 3.63) is 22.6 Å². The fourth-order valence-electron chi connectivity index (χ4n) is 2.08. The van der Waals surface area contributed by atoms with E-state index < -0.39 is 11.9 Å². The van der Waals surface area contributed by atoms with Crippen molar-refractivity contribution in [1.29, 1.82) is 0 Å². The van der Waals surface area contributed by atoms with Gasteiger partial charge < -0.3 is 14.6 Å². The Hall–Kier alpha value is -1.78. The number of carboxylic acids is 2. The van der Waals surface area contributed by atoms with Crippen molar-refractivity contribution in [2.24, 2.45) is 0 Å². The molecule has 0 fully saturated rings. The lowest BCUT2D eigenvalue weighted by Gasteiger charge is -2.03. The van der Waals surface area contributed by atoms with E-state index in [-0.39, 0.29) is 11.5 Å². The molecule has 0 amide bonds. The first-order chi connectivity index (χ1) is 9.02. The minimum absolute atomic E-state index is 0.211. The fourth-order valence-corrected chi connectivity index (χ4v) is 2.08. The molecular formula is C14H20O5. The monoisotopic (exact) mass is 268 g/mol. The lowest BCUT2D eigenvalue weighted by molar-refractivity contribution is 0.0630. The Balaban J connectivity index is 3.25. The average molecular weight is 268 g/mol. The number of carbonyl (C=O) groups is 2. The first kappa shape index (κ1) is 15.3. The van der Waals surface area contributed by atoms with Gasteiger partial charge in [0.2, 0.25) is 11.5 Å². The topological polar surface area (TPSA) is 87.7 Å². The molecule has 5 heteroatoms. The number of unbranched alkanes of at least 4 members (excludes halogenated alkanes) is 2. The summed E-state index contributed by atoms with van der Waals surface area (Å²) in [6.07, 6.45) is 4.57. The minimum atomic E-state index is -1.20. The second-order valence-electron chi connectivity index (χ2n) is 4.53. The number of hydrogen-bond donors (Lipinski definition) is 2. The van der Waals surface area contributed by atoms with Crippen LogP contribution in [0.5, 0.6) is 0 Å². The van der Waals surface area contributed by atoms with Gasteiger partial charge in [-0.3, -0.25) is 0 Å². The standard InChI is InChI=1S/C14H20O5/c1-3-5-7-9-10(8-6-4-2)12(14(17)18)19-11(9)13(15)16/h3-8H2,1-2H3,(H,15,16)(H,17,18). The second-order valence-corrected chi connectivity index (χ2v) is 4.53. The molecule has 0 aliphatic carbocycles. The molecule has 0 spiro atoms. The van der Waals surface area contributed by atoms with Gasteiger partial charge in [0.25, 0.3) is 0 Å². The summed E-state index contributed by atoms with van der Waals surface area (Å²) in [4.78, 5) is 22.3. The molecule has 0 unspecified atom stereocenters. The van der Waals surface area contributed by atoms with Crippen molar-refractivity contribution >= 4 is 11.9 Å². The van der Waals surface area contributed by atoms with Crippen molar-refractivity contribution in [1.82, 2.24) is 0 Å². The molecule has 0 aliphatic heterocycles. The Morgan fingerprint density at radius 2 is 1.26 bits per heavy atom. The van der Waals surface area contributed by atoms with Crippen LogP contribution in [0.25, 0.3) is 0 Å². The lowest BCUT2D eigenvalue weighted by atomic mass is 9.98. The molecule has 19 heavy (non-hydrogen) atoms. The van der Waals surface area contributed by atoms with Gasteiger partial charge >= 0.3 is 11.9 Å². The zero-order chi connectivity index (χ0) is 14.4. The molecule has 0 aliphatic rings. The van der Waals surface area contributed by atoms with Gasteiger partial charge in [-0.25, -0.2) is 9.59 Å². The molecule has 0 atom stereocenters. The van der Waals surface area contributed by atoms with Crippen LogP contribution in [0.1, 0.15) is 71.8 Å². The normalized spacial score (nSPS) is 10.6. The molecule has 0 aromatic carbocycles. The van der Waals surface area contributed by atoms with Gasteiger partial charge in [0, 0.05) is 11.1 Å². The van der Waals surface area contributed by atoms with E-state index in [9.17, 15) is 9.59 Å². The highest BCUT2D eigenvalue weighted by atomic mass is 16.4. The summed E-state index contributed by atoms with van der Waals surface area (Å²) in [5, 5.41) is 18.2. The molecular weight excluding hydrogens is 248 g/mol. The molecule has 1 rings (SSSR count). The maximum atomic E-state index is 11.2. The highest BCUT2D eigenvalue weighted by molar-refractivity contribution is 5.92. The van der Waals surface area contributed by atoms with Crippen molar-refractivity contribution < 1.29 is 24.2 Å². The largest absolute Gasteiger partial charge is 0.475 e. The van der Waals surface area contributed by atoms with E-state index in [4.69, 9.17) is 14.6 Å². The van der Waals surface area contributed by atoms with E-state index in [2.05, 4.69) is 0 Å². The van der Waals surface area contributed by atoms with Gasteiger partial charge in [0.1, 0.15) is 0 Å². The third-order valence-corrected chi connectivity index (χ3v) is 3.07. The lowest BCUT2D eigenvalue weighted by Crippen LogP contribution is -2.03. The Labute approximate surface area is 112 Å². The van der Waals surface area contributed by atoms with Crippen LogP contribution in [0, 0.1) is 0 Å². The molecule has 2 N–H and O–H groups in total. The Morgan fingerprint density at radius 1 is 0.895 bits per heavy atom. The predicted molar refractivity (Wildman–Crippen MR) is 69.9 cm³/mol. The quantitative estimate of drug-likeness (QED) is 0.754. The molecule has 106 valence electrons. The van der Waals surface area contributed by atoms with E-state index in [0.717, 1.165) is 25.7 Å². The van der Waals surface area contributed by atoms with Crippen molar-refractivity contribution in [2.75, 3.05) is 0 Å². The fraction of sp³-hybridized carbons (Fsp3) is 0.571. The number of hydrogen-bond acceptors (Lipinski definition) is 3. The molecule has 1 heterocycles. The van der Waals surface area contributed by atoms with Crippen LogP contribution in [-0.2, 0) is 12.8 Å². The van der Waals surface area contributed by atoms with Crippen LogP contribution in [0.15, 0.2) is 4.42 Å². The van der Waals surface area contributed by atoms with Gasteiger partial charge in [-0.1, -0.05) is 26.7 Å². The van der Waals surface area contributed by atoms with Crippen LogP contribution in [0.2, 0.25) is 0 Å². The van der Waals surface area contributed by atoms with Crippen LogP contribution in [-0.4, -0.2) is 22.2 Å². The van der Waals surface area contributed by atoms with Gasteiger partial charge in [-0.05, 0) is 25.7 Å². The van der Waals surface area contributed by atoms with Crippen LogP contribution in [0.3, 0.4) is 0 Å². The number of aromatic carboxylic acids is 2. The summed E-state index contributed by atoms with van der Waals surface area (Å²) < 4.78 is 5.06. The third-order valence-electron chi connectivity index (χ3n) is 3.07. The first-order valence-corrected chi connectivity index (χ1v) is 6.64. The Bertz CT molecular complexity index is 418. The van der Waals surface area contributed by atoms with Crippen LogP contribution in [0.4, 0.5) is 0 Å². The van der Waals surface area contributed by atoms with Crippen LogP contribution >= 0.6 is 0 Å². The van der Waals surface area contributed by atoms with Gasteiger partial charge in [0.15, 0.2) is 0 Å². The highest BCUT2D eigenvalue weighted by Crippen LogP contribution is 2.27. The van der Waals surface area contributed by atoms with E-state index >= 15 is 0 Å². The molecule has 1 aromatic rings. The molecule has 0 radical (unpaired) electrons. The summed E-state index contributed by atoms with van der Waals surface area (Å²) in [5.74, 6) is -2.82. The molecule has 0 saturated carbocycles. The first-order valence-electron chi connectivity index (χ1n) is 6.64. The van der Waals surface area contributed by atoms with Gasteiger partial charge in [-0.15, -0.1) is 0 Å². The smallest absolute Gasteiger partial charge is 0.372 e. The zero-order valence-corrected chi connectivity index (χ0v) is 11.4. The summed E-state index contributed by atoms with van der Waals surface area (Å²) in [6, 6.07) is 0. The van der Waals surface area contributed by atoms with Crippen molar-refractivity contribution in [3.8, 4) is 0 Å². The Morgan fingerprint density at radius 3 is 1.53 bits per heavy atom. The summed E-state index contributed by atoms with van der Waals surface area (Å²) >= 11 is 0. The average Bonchev–Trinajstić information content (AvgIpc) is 2.72. The summed E-state index contributed by atoms with van der Waals surface area (Å²) in [6.45, 7) is 4.01. The maximum absolute atomic E-state index is 11.2. The summed E-state index contributed by atoms with van der Waals surface area (Å²) in [5.41, 5.74) is 1.11.